The maximum Gasteiger partial charge on any atom is 0.318 e. The summed E-state index contributed by atoms with van der Waals surface area (Å²) in [6, 6.07) is 7.31. The molecule has 11 heteroatoms. The molecular weight excluding hydrogens is 542 g/mol. The topological polar surface area (TPSA) is 94.8 Å². The molecule has 0 bridgehead atoms. The van der Waals surface area contributed by atoms with E-state index >= 15 is 4.39 Å². The van der Waals surface area contributed by atoms with E-state index in [-0.39, 0.29) is 30.8 Å². The molecule has 4 aliphatic rings. The number of aromatic nitrogens is 2. The number of fused-ring (bicyclic) bond motifs is 3. The van der Waals surface area contributed by atoms with Crippen LogP contribution in [0, 0.1) is 17.1 Å². The summed E-state index contributed by atoms with van der Waals surface area (Å²) in [5, 5.41) is 9.47. The molecule has 2 saturated heterocycles. The largest absolute Gasteiger partial charge is 0.462 e. The molecule has 1 aliphatic carbocycles. The van der Waals surface area contributed by atoms with Gasteiger partial charge in [-0.2, -0.15) is 15.2 Å². The van der Waals surface area contributed by atoms with Crippen LogP contribution in [0.3, 0.4) is 0 Å². The molecule has 42 heavy (non-hydrogen) atoms. The minimum absolute atomic E-state index is 0.0523. The molecule has 0 saturated carbocycles. The van der Waals surface area contributed by atoms with Crippen molar-refractivity contribution in [3.63, 3.8) is 0 Å². The number of nitrogens with zero attached hydrogens (tertiary/aromatic N) is 6. The smallest absolute Gasteiger partial charge is 0.318 e. The molecule has 0 radical (unpaired) electrons. The van der Waals surface area contributed by atoms with Crippen LogP contribution in [0.1, 0.15) is 48.1 Å². The van der Waals surface area contributed by atoms with Gasteiger partial charge < -0.3 is 24.2 Å². The van der Waals surface area contributed by atoms with E-state index < -0.39 is 23.2 Å². The molecule has 3 atom stereocenters. The molecule has 9 nitrogen and oxygen atoms in total. The van der Waals surface area contributed by atoms with Crippen LogP contribution in [0.4, 0.5) is 14.6 Å². The van der Waals surface area contributed by atoms with E-state index in [2.05, 4.69) is 24.6 Å². The lowest BCUT2D eigenvalue weighted by Crippen LogP contribution is -2.56. The summed E-state index contributed by atoms with van der Waals surface area (Å²) < 4.78 is 41.3. The predicted octanol–water partition coefficient (Wildman–Crippen LogP) is 3.46. The highest BCUT2D eigenvalue weighted by Crippen LogP contribution is 2.45. The van der Waals surface area contributed by atoms with Gasteiger partial charge >= 0.3 is 6.01 Å². The summed E-state index contributed by atoms with van der Waals surface area (Å²) in [5.74, 6) is -1.34. The lowest BCUT2D eigenvalue weighted by Gasteiger charge is -2.44. The standard InChI is InChI=1S/C31H36F2N6O3/c1-20(32)29(40)39-14-13-38(16-22(39)9-11-34)28-24-8-10-31(19-41-17-21-5-3-7-25(33)27(21)31)15-26(24)35-30(36-28)42-18-23-6-4-12-37(23)2/h3,5,7,22-23H,1,4,6,8-10,12-19H2,2H3/t22-,23-,31?/m0/s1. The van der Waals surface area contributed by atoms with Gasteiger partial charge in [-0.05, 0) is 50.9 Å². The normalized spacial score (nSPS) is 25.6. The molecule has 1 unspecified atom stereocenters. The number of likely N-dealkylation sites (N-methyl/N-ethyl adjacent to an activating group) is 1. The number of hydrogen-bond acceptors (Lipinski definition) is 8. The van der Waals surface area contributed by atoms with E-state index in [0.29, 0.717) is 63.6 Å². The van der Waals surface area contributed by atoms with Gasteiger partial charge in [-0.25, -0.2) is 8.78 Å². The van der Waals surface area contributed by atoms with E-state index in [1.165, 1.54) is 11.0 Å². The summed E-state index contributed by atoms with van der Waals surface area (Å²) in [5.41, 5.74) is 2.79. The third-order valence-electron chi connectivity index (χ3n) is 9.35. The Bertz CT molecular complexity index is 1430. The fraction of sp³-hybridized carbons (Fsp3) is 0.548. The molecule has 222 valence electrons. The second kappa shape index (κ2) is 11.6. The van der Waals surface area contributed by atoms with Gasteiger partial charge in [0.1, 0.15) is 18.2 Å². The van der Waals surface area contributed by atoms with Gasteiger partial charge in [0.15, 0.2) is 5.83 Å². The van der Waals surface area contributed by atoms with Gasteiger partial charge in [-0.3, -0.25) is 4.79 Å². The Labute approximate surface area is 244 Å². The number of halogens is 2. The van der Waals surface area contributed by atoms with Crippen LogP contribution in [0.15, 0.2) is 30.6 Å². The lowest BCUT2D eigenvalue weighted by atomic mass is 9.67. The summed E-state index contributed by atoms with van der Waals surface area (Å²) in [6.07, 6.45) is 3.96. The fourth-order valence-corrected chi connectivity index (χ4v) is 7.16. The molecule has 1 aromatic carbocycles. The minimum atomic E-state index is -1.04. The Balaban J connectivity index is 1.35. The van der Waals surface area contributed by atoms with Crippen molar-refractivity contribution in [2.75, 3.05) is 51.3 Å². The molecule has 1 spiro atoms. The van der Waals surface area contributed by atoms with Crippen LogP contribution in [-0.4, -0.2) is 84.2 Å². The highest BCUT2D eigenvalue weighted by molar-refractivity contribution is 5.91. The Kier molecular flexibility index (Phi) is 7.85. The molecule has 6 rings (SSSR count). The van der Waals surface area contributed by atoms with Crippen molar-refractivity contribution in [3.05, 3.63) is 58.8 Å². The first-order valence-electron chi connectivity index (χ1n) is 14.7. The number of carbonyl (C=O) groups excluding carboxylic acids is 1. The van der Waals surface area contributed by atoms with Crippen LogP contribution in [0.2, 0.25) is 0 Å². The van der Waals surface area contributed by atoms with Crippen molar-refractivity contribution in [1.82, 2.24) is 19.8 Å². The van der Waals surface area contributed by atoms with E-state index in [9.17, 15) is 14.4 Å². The Hall–Kier alpha value is -3.62. The summed E-state index contributed by atoms with van der Waals surface area (Å²) >= 11 is 0. The Morgan fingerprint density at radius 2 is 2.14 bits per heavy atom. The van der Waals surface area contributed by atoms with Crippen LogP contribution in [0.5, 0.6) is 6.01 Å². The van der Waals surface area contributed by atoms with Crippen LogP contribution < -0.4 is 9.64 Å². The number of rotatable bonds is 6. The minimum Gasteiger partial charge on any atom is -0.462 e. The molecule has 0 N–H and O–H groups in total. The summed E-state index contributed by atoms with van der Waals surface area (Å²) in [4.78, 5) is 28.0. The third-order valence-corrected chi connectivity index (χ3v) is 9.35. The SMILES string of the molecule is C=C(F)C(=O)N1CCN(c2nc(OC[C@@H]3CCCN3C)nc3c2CCC2(COCc4cccc(F)c42)C3)C[C@@H]1CC#N. The average Bonchev–Trinajstić information content (AvgIpc) is 3.39. The predicted molar refractivity (Wildman–Crippen MR) is 151 cm³/mol. The summed E-state index contributed by atoms with van der Waals surface area (Å²) in [6.45, 7) is 6.37. The van der Waals surface area contributed by atoms with Crippen molar-refractivity contribution < 1.29 is 23.0 Å². The highest BCUT2D eigenvalue weighted by atomic mass is 19.1. The summed E-state index contributed by atoms with van der Waals surface area (Å²) in [7, 11) is 2.08. The number of ether oxygens (including phenoxy) is 2. The number of piperazine rings is 1. The first-order chi connectivity index (χ1) is 20.3. The second-order valence-corrected chi connectivity index (χ2v) is 11.9. The molecule has 1 amide bonds. The monoisotopic (exact) mass is 578 g/mol. The molecule has 3 aliphatic heterocycles. The van der Waals surface area contributed by atoms with Gasteiger partial charge in [-0.1, -0.05) is 18.7 Å². The van der Waals surface area contributed by atoms with Crippen molar-refractivity contribution >= 4 is 11.7 Å². The number of carbonyl (C=O) groups is 1. The first kappa shape index (κ1) is 28.5. The van der Waals surface area contributed by atoms with Gasteiger partial charge in [0.2, 0.25) is 0 Å². The number of nitriles is 1. The van der Waals surface area contributed by atoms with Crippen LogP contribution in [0.25, 0.3) is 0 Å². The molecule has 1 aromatic heterocycles. The highest BCUT2D eigenvalue weighted by Gasteiger charge is 2.44. The van der Waals surface area contributed by atoms with Crippen molar-refractivity contribution in [2.24, 2.45) is 0 Å². The maximum atomic E-state index is 15.3. The zero-order valence-corrected chi connectivity index (χ0v) is 24.0. The number of amides is 1. The Morgan fingerprint density at radius 1 is 1.29 bits per heavy atom. The number of benzene rings is 1. The van der Waals surface area contributed by atoms with Crippen molar-refractivity contribution in [3.8, 4) is 12.1 Å². The van der Waals surface area contributed by atoms with E-state index in [4.69, 9.17) is 19.4 Å². The molecule has 4 heterocycles. The van der Waals surface area contributed by atoms with Gasteiger partial charge in [0.05, 0.1) is 37.4 Å². The molecular formula is C31H36F2N6O3. The average molecular weight is 579 g/mol. The van der Waals surface area contributed by atoms with Crippen LogP contribution >= 0.6 is 0 Å². The van der Waals surface area contributed by atoms with E-state index in [0.717, 1.165) is 36.2 Å². The lowest BCUT2D eigenvalue weighted by molar-refractivity contribution is -0.131. The molecule has 2 fully saturated rings. The van der Waals surface area contributed by atoms with E-state index in [1.807, 2.05) is 11.0 Å². The zero-order chi connectivity index (χ0) is 29.4. The van der Waals surface area contributed by atoms with Gasteiger partial charge in [-0.15, -0.1) is 0 Å². The maximum absolute atomic E-state index is 15.3. The quantitative estimate of drug-likeness (QED) is 0.481. The second-order valence-electron chi connectivity index (χ2n) is 11.9. The Morgan fingerprint density at radius 3 is 2.90 bits per heavy atom. The van der Waals surface area contributed by atoms with E-state index in [1.54, 1.807) is 6.07 Å². The van der Waals surface area contributed by atoms with Gasteiger partial charge in [0.25, 0.3) is 5.91 Å². The van der Waals surface area contributed by atoms with Crippen molar-refractivity contribution in [2.45, 2.75) is 62.6 Å². The van der Waals surface area contributed by atoms with Crippen molar-refractivity contribution in [1.29, 1.82) is 5.26 Å². The van der Waals surface area contributed by atoms with Gasteiger partial charge in [0, 0.05) is 48.6 Å². The van der Waals surface area contributed by atoms with Crippen LogP contribution in [-0.2, 0) is 34.4 Å². The first-order valence-corrected chi connectivity index (χ1v) is 14.7. The number of anilines is 1. The number of likely N-dealkylation sites (tertiary alicyclic amines) is 1. The third kappa shape index (κ3) is 5.22. The molecule has 2 aromatic rings. The fourth-order valence-electron chi connectivity index (χ4n) is 7.16. The zero-order valence-electron chi connectivity index (χ0n) is 24.0. The number of hydrogen-bond donors (Lipinski definition) is 0.